The van der Waals surface area contributed by atoms with Crippen LogP contribution in [0.3, 0.4) is 0 Å². The molecular formula is C19H21F4N3S. The third-order valence-electron chi connectivity index (χ3n) is 5.67. The number of rotatable bonds is 5. The molecule has 2 aromatic rings. The van der Waals surface area contributed by atoms with Crippen molar-refractivity contribution in [2.45, 2.75) is 44.6 Å². The predicted molar refractivity (Wildman–Crippen MR) is 96.3 cm³/mol. The fourth-order valence-corrected chi connectivity index (χ4v) is 4.64. The molecule has 1 fully saturated rings. The Kier molecular flexibility index (Phi) is 5.11. The highest BCUT2D eigenvalue weighted by molar-refractivity contribution is 7.71. The average molecular weight is 399 g/mol. The first-order valence-corrected chi connectivity index (χ1v) is 9.72. The predicted octanol–water partition coefficient (Wildman–Crippen LogP) is 4.47. The molecule has 0 amide bonds. The summed E-state index contributed by atoms with van der Waals surface area (Å²) in [5.41, 5.74) is 1.32. The van der Waals surface area contributed by atoms with Crippen molar-refractivity contribution in [1.29, 1.82) is 0 Å². The largest absolute Gasteiger partial charge is 0.334 e. The van der Waals surface area contributed by atoms with Gasteiger partial charge in [-0.05, 0) is 64.0 Å². The van der Waals surface area contributed by atoms with Crippen LogP contribution >= 0.6 is 12.2 Å². The van der Waals surface area contributed by atoms with Crippen LogP contribution in [-0.2, 0) is 19.4 Å². The maximum Gasteiger partial charge on any atom is 0.177 e. The highest BCUT2D eigenvalue weighted by Crippen LogP contribution is 2.36. The van der Waals surface area contributed by atoms with Gasteiger partial charge in [0.05, 0.1) is 0 Å². The van der Waals surface area contributed by atoms with Gasteiger partial charge in [0.1, 0.15) is 0 Å². The van der Waals surface area contributed by atoms with Crippen LogP contribution in [0.15, 0.2) is 6.07 Å². The zero-order valence-electron chi connectivity index (χ0n) is 14.8. The van der Waals surface area contributed by atoms with Crippen molar-refractivity contribution in [3.05, 3.63) is 51.1 Å². The van der Waals surface area contributed by atoms with Crippen LogP contribution in [0.1, 0.15) is 42.1 Å². The molecule has 146 valence electrons. The second kappa shape index (κ2) is 7.39. The highest BCUT2D eigenvalue weighted by atomic mass is 32.1. The summed E-state index contributed by atoms with van der Waals surface area (Å²) in [5, 5.41) is 0. The monoisotopic (exact) mass is 399 g/mol. The van der Waals surface area contributed by atoms with Gasteiger partial charge in [0, 0.05) is 35.5 Å². The normalized spacial score (nSPS) is 19.8. The lowest BCUT2D eigenvalue weighted by Crippen LogP contribution is -2.20. The molecule has 1 aromatic heterocycles. The first-order chi connectivity index (χ1) is 13.0. The number of imidazole rings is 1. The van der Waals surface area contributed by atoms with E-state index in [9.17, 15) is 17.6 Å². The summed E-state index contributed by atoms with van der Waals surface area (Å²) >= 11 is 5.34. The van der Waals surface area contributed by atoms with Crippen molar-refractivity contribution >= 4 is 12.2 Å². The maximum atomic E-state index is 14.2. The van der Waals surface area contributed by atoms with Crippen LogP contribution in [0.25, 0.3) is 0 Å². The molecule has 0 radical (unpaired) electrons. The molecule has 27 heavy (non-hydrogen) atoms. The van der Waals surface area contributed by atoms with Crippen LogP contribution in [0, 0.1) is 28.0 Å². The van der Waals surface area contributed by atoms with Gasteiger partial charge in [0.2, 0.25) is 0 Å². The number of nitrogens with one attached hydrogen (secondary N) is 1. The van der Waals surface area contributed by atoms with Crippen molar-refractivity contribution in [1.82, 2.24) is 14.5 Å². The molecule has 8 heteroatoms. The number of aromatic amines is 1. The third kappa shape index (κ3) is 3.45. The van der Waals surface area contributed by atoms with E-state index in [1.807, 2.05) is 0 Å². The Labute approximate surface area is 160 Å². The molecule has 1 atom stereocenters. The summed E-state index contributed by atoms with van der Waals surface area (Å²) in [6.45, 7) is 3.49. The van der Waals surface area contributed by atoms with Crippen molar-refractivity contribution in [2.24, 2.45) is 0 Å². The lowest BCUT2D eigenvalue weighted by Gasteiger charge is -2.14. The third-order valence-corrected chi connectivity index (χ3v) is 6.00. The maximum absolute atomic E-state index is 14.2. The summed E-state index contributed by atoms with van der Waals surface area (Å²) < 4.78 is 57.8. The topological polar surface area (TPSA) is 24.0 Å². The van der Waals surface area contributed by atoms with Gasteiger partial charge >= 0.3 is 0 Å². The Morgan fingerprint density at radius 3 is 2.41 bits per heavy atom. The minimum absolute atomic E-state index is 0.216. The summed E-state index contributed by atoms with van der Waals surface area (Å²) in [6, 6.07) is 0.249. The van der Waals surface area contributed by atoms with Gasteiger partial charge in [-0.15, -0.1) is 0 Å². The molecule has 2 aliphatic heterocycles. The van der Waals surface area contributed by atoms with Gasteiger partial charge in [0.15, 0.2) is 28.0 Å². The van der Waals surface area contributed by atoms with Gasteiger partial charge in [-0.25, -0.2) is 17.6 Å². The van der Waals surface area contributed by atoms with Gasteiger partial charge in [-0.1, -0.05) is 0 Å². The van der Waals surface area contributed by atoms with Crippen molar-refractivity contribution in [2.75, 3.05) is 19.6 Å². The van der Waals surface area contributed by atoms with Crippen LogP contribution in [0.4, 0.5) is 17.6 Å². The number of H-pyrrole nitrogens is 1. The molecule has 0 saturated carbocycles. The molecule has 4 rings (SSSR count). The molecular weight excluding hydrogens is 378 g/mol. The van der Waals surface area contributed by atoms with E-state index in [2.05, 4.69) is 9.88 Å². The van der Waals surface area contributed by atoms with E-state index in [0.717, 1.165) is 43.9 Å². The van der Waals surface area contributed by atoms with Gasteiger partial charge in [0.25, 0.3) is 0 Å². The van der Waals surface area contributed by atoms with Crippen LogP contribution < -0.4 is 0 Å². The quantitative estimate of drug-likeness (QED) is 0.456. The number of likely N-dealkylation sites (tertiary alicyclic amines) is 1. The van der Waals surface area contributed by atoms with E-state index in [1.54, 1.807) is 4.57 Å². The zero-order chi connectivity index (χ0) is 19.1. The number of hydrogen-bond acceptors (Lipinski definition) is 2. The molecule has 0 unspecified atom stereocenters. The smallest absolute Gasteiger partial charge is 0.177 e. The standard InChI is InChI=1S/C19H21F4N3S/c20-12-9-13(21)18(23)16(17(12)22)11-8-15-14(24-19(27)26(15)10-11)4-3-7-25-5-1-2-6-25/h9,11H,1-8,10H2,(H,24,27)/t11-/m0/s1. The minimum atomic E-state index is -1.36. The molecule has 2 aliphatic rings. The first kappa shape index (κ1) is 18.7. The fraction of sp³-hybridized carbons (Fsp3) is 0.526. The molecule has 0 spiro atoms. The number of benzene rings is 1. The molecule has 3 heterocycles. The molecule has 1 saturated heterocycles. The lowest BCUT2D eigenvalue weighted by atomic mass is 9.94. The number of aryl methyl sites for hydroxylation is 1. The molecule has 0 bridgehead atoms. The van der Waals surface area contributed by atoms with Crippen molar-refractivity contribution < 1.29 is 17.6 Å². The van der Waals surface area contributed by atoms with Crippen molar-refractivity contribution in [3.8, 4) is 0 Å². The van der Waals surface area contributed by atoms with Crippen molar-refractivity contribution in [3.63, 3.8) is 0 Å². The van der Waals surface area contributed by atoms with Crippen LogP contribution in [-0.4, -0.2) is 34.1 Å². The zero-order valence-corrected chi connectivity index (χ0v) is 15.6. The van der Waals surface area contributed by atoms with E-state index in [0.29, 0.717) is 11.2 Å². The lowest BCUT2D eigenvalue weighted by molar-refractivity contribution is 0.333. The second-order valence-electron chi connectivity index (χ2n) is 7.40. The summed E-state index contributed by atoms with van der Waals surface area (Å²) in [5.74, 6) is -6.02. The number of hydrogen-bond donors (Lipinski definition) is 1. The Bertz CT molecular complexity index is 888. The summed E-state index contributed by atoms with van der Waals surface area (Å²) in [6.07, 6.45) is 4.55. The number of fused-ring (bicyclic) bond motifs is 1. The molecule has 0 aliphatic carbocycles. The van der Waals surface area contributed by atoms with Gasteiger partial charge in [-0.3, -0.25) is 0 Å². The van der Waals surface area contributed by atoms with E-state index < -0.39 is 34.8 Å². The Balaban J connectivity index is 1.53. The SMILES string of the molecule is Fc1cc(F)c(F)c([C@H]2Cc3c(CCCN4CCCC4)[nH]c(=S)n3C2)c1F. The van der Waals surface area contributed by atoms with Gasteiger partial charge < -0.3 is 14.5 Å². The average Bonchev–Trinajstić information content (AvgIpc) is 3.34. The van der Waals surface area contributed by atoms with E-state index >= 15 is 0 Å². The number of nitrogens with zero attached hydrogens (tertiary/aromatic N) is 2. The summed E-state index contributed by atoms with van der Waals surface area (Å²) in [4.78, 5) is 5.61. The number of aromatic nitrogens is 2. The Morgan fingerprint density at radius 2 is 1.74 bits per heavy atom. The van der Waals surface area contributed by atoms with E-state index in [-0.39, 0.29) is 12.6 Å². The van der Waals surface area contributed by atoms with E-state index in [4.69, 9.17) is 12.2 Å². The van der Waals surface area contributed by atoms with E-state index in [1.165, 1.54) is 12.8 Å². The van der Waals surface area contributed by atoms with Crippen LogP contribution in [0.5, 0.6) is 0 Å². The molecule has 1 aromatic carbocycles. The minimum Gasteiger partial charge on any atom is -0.334 e. The fourth-order valence-electron chi connectivity index (χ4n) is 4.33. The van der Waals surface area contributed by atoms with Gasteiger partial charge in [-0.2, -0.15) is 0 Å². The Hall–Kier alpha value is -1.67. The molecule has 3 nitrogen and oxygen atoms in total. The molecule has 1 N–H and O–H groups in total. The first-order valence-electron chi connectivity index (χ1n) is 9.31. The highest BCUT2D eigenvalue weighted by Gasteiger charge is 2.33. The Morgan fingerprint density at radius 1 is 1.07 bits per heavy atom. The number of halogens is 4. The van der Waals surface area contributed by atoms with Crippen LogP contribution in [0.2, 0.25) is 0 Å². The second-order valence-corrected chi connectivity index (χ2v) is 7.79. The summed E-state index contributed by atoms with van der Waals surface area (Å²) in [7, 11) is 0.